The van der Waals surface area contributed by atoms with Crippen LogP contribution in [0.4, 0.5) is 0 Å². The van der Waals surface area contributed by atoms with Crippen molar-refractivity contribution in [3.63, 3.8) is 0 Å². The molecule has 130 valence electrons. The zero-order valence-corrected chi connectivity index (χ0v) is 15.7. The first-order valence-corrected chi connectivity index (χ1v) is 8.87. The summed E-state index contributed by atoms with van der Waals surface area (Å²) in [5.41, 5.74) is 1.60. The number of hydrogen-bond acceptors (Lipinski definition) is 5. The fraction of sp³-hybridized carbons (Fsp3) is 0.688. The third kappa shape index (κ3) is 6.64. The van der Waals surface area contributed by atoms with Gasteiger partial charge in [-0.2, -0.15) is 0 Å². The summed E-state index contributed by atoms with van der Waals surface area (Å²) in [4.78, 5) is 25.8. The molecule has 0 bridgehead atoms. The Hall–Kier alpha value is -1.50. The second-order valence-electron chi connectivity index (χ2n) is 6.50. The molecule has 0 fully saturated rings. The molecule has 0 spiro atoms. The maximum atomic E-state index is 12.3. The maximum absolute atomic E-state index is 12.3. The van der Waals surface area contributed by atoms with Crippen molar-refractivity contribution in [3.8, 4) is 0 Å². The van der Waals surface area contributed by atoms with Crippen molar-refractivity contribution in [2.75, 3.05) is 18.8 Å². The molecule has 1 rings (SSSR count). The number of carbonyl (C=O) groups is 2. The lowest BCUT2D eigenvalue weighted by Crippen LogP contribution is -2.47. The van der Waals surface area contributed by atoms with Crippen molar-refractivity contribution in [2.24, 2.45) is 0 Å². The van der Waals surface area contributed by atoms with E-state index in [1.54, 1.807) is 4.90 Å². The number of hydrogen-bond donors (Lipinski definition) is 1. The number of likely N-dealkylation sites (N-methyl/N-ethyl adjacent to an activating group) is 1. The van der Waals surface area contributed by atoms with Gasteiger partial charge < -0.3 is 14.7 Å². The van der Waals surface area contributed by atoms with Crippen molar-refractivity contribution < 1.29 is 14.1 Å². The summed E-state index contributed by atoms with van der Waals surface area (Å²) in [6.45, 7) is 12.0. The standard InChI is InChI=1S/C16H27N3O3S/c1-7-19(8-14(20)17-16(4,5)6)15(21)10-23-9-13-11(2)18-22-12(13)3/h7-10H2,1-6H3,(H,17,20). The Balaban J connectivity index is 2.46. The quantitative estimate of drug-likeness (QED) is 0.823. The molecule has 0 aromatic carbocycles. The molecule has 0 aliphatic heterocycles. The van der Waals surface area contributed by atoms with E-state index in [1.807, 2.05) is 41.5 Å². The molecule has 0 aliphatic carbocycles. The van der Waals surface area contributed by atoms with E-state index >= 15 is 0 Å². The highest BCUT2D eigenvalue weighted by Gasteiger charge is 2.19. The number of thioether (sulfide) groups is 1. The van der Waals surface area contributed by atoms with E-state index in [1.165, 1.54) is 11.8 Å². The molecule has 7 heteroatoms. The zero-order valence-electron chi connectivity index (χ0n) is 14.9. The zero-order chi connectivity index (χ0) is 17.6. The molecule has 1 aromatic heterocycles. The number of aryl methyl sites for hydroxylation is 2. The minimum absolute atomic E-state index is 0.0340. The minimum atomic E-state index is -0.294. The van der Waals surface area contributed by atoms with Crippen LogP contribution in [0.1, 0.15) is 44.7 Å². The number of aromatic nitrogens is 1. The minimum Gasteiger partial charge on any atom is -0.361 e. The van der Waals surface area contributed by atoms with E-state index in [0.29, 0.717) is 18.1 Å². The van der Waals surface area contributed by atoms with Crippen LogP contribution in [0.5, 0.6) is 0 Å². The summed E-state index contributed by atoms with van der Waals surface area (Å²) in [5, 5.41) is 6.77. The van der Waals surface area contributed by atoms with E-state index < -0.39 is 0 Å². The SMILES string of the molecule is CCN(CC(=O)NC(C)(C)C)C(=O)CSCc1c(C)noc1C. The molecular formula is C16H27N3O3S. The molecule has 1 aromatic rings. The van der Waals surface area contributed by atoms with E-state index in [-0.39, 0.29) is 23.9 Å². The molecule has 0 unspecified atom stereocenters. The Kier molecular flexibility index (Phi) is 7.12. The van der Waals surface area contributed by atoms with Crippen molar-refractivity contribution in [1.29, 1.82) is 0 Å². The summed E-state index contributed by atoms with van der Waals surface area (Å²) in [6, 6.07) is 0. The van der Waals surface area contributed by atoms with Crippen molar-refractivity contribution in [2.45, 2.75) is 52.8 Å². The predicted octanol–water partition coefficient (Wildman–Crippen LogP) is 2.29. The molecule has 0 saturated carbocycles. The summed E-state index contributed by atoms with van der Waals surface area (Å²) in [7, 11) is 0. The van der Waals surface area contributed by atoms with E-state index in [4.69, 9.17) is 4.52 Å². The summed E-state index contributed by atoms with van der Waals surface area (Å²) >= 11 is 1.51. The number of rotatable bonds is 7. The van der Waals surface area contributed by atoms with Gasteiger partial charge in [0.2, 0.25) is 11.8 Å². The van der Waals surface area contributed by atoms with Crippen LogP contribution in [0.3, 0.4) is 0 Å². The highest BCUT2D eigenvalue weighted by Crippen LogP contribution is 2.19. The fourth-order valence-electron chi connectivity index (χ4n) is 2.05. The Morgan fingerprint density at radius 3 is 2.43 bits per heavy atom. The Bertz CT molecular complexity index is 530. The van der Waals surface area contributed by atoms with Crippen LogP contribution in [0, 0.1) is 13.8 Å². The summed E-state index contributed by atoms with van der Waals surface area (Å²) in [6.07, 6.45) is 0. The number of nitrogens with zero attached hydrogens (tertiary/aromatic N) is 2. The maximum Gasteiger partial charge on any atom is 0.240 e. The Morgan fingerprint density at radius 1 is 1.30 bits per heavy atom. The van der Waals surface area contributed by atoms with E-state index in [9.17, 15) is 9.59 Å². The summed E-state index contributed by atoms with van der Waals surface area (Å²) in [5.74, 6) is 1.63. The average molecular weight is 341 g/mol. The summed E-state index contributed by atoms with van der Waals surface area (Å²) < 4.78 is 5.11. The first-order valence-electron chi connectivity index (χ1n) is 7.72. The molecule has 23 heavy (non-hydrogen) atoms. The first-order chi connectivity index (χ1) is 10.6. The first kappa shape index (κ1) is 19.5. The van der Waals surface area contributed by atoms with Crippen LogP contribution in [0.2, 0.25) is 0 Å². The van der Waals surface area contributed by atoms with Crippen molar-refractivity contribution in [1.82, 2.24) is 15.4 Å². The lowest BCUT2D eigenvalue weighted by molar-refractivity contribution is -0.134. The van der Waals surface area contributed by atoms with Crippen LogP contribution in [-0.4, -0.2) is 46.3 Å². The van der Waals surface area contributed by atoms with Crippen LogP contribution >= 0.6 is 11.8 Å². The number of nitrogens with one attached hydrogen (secondary N) is 1. The second-order valence-corrected chi connectivity index (χ2v) is 7.49. The fourth-order valence-corrected chi connectivity index (χ4v) is 3.12. The number of amides is 2. The van der Waals surface area contributed by atoms with E-state index in [2.05, 4.69) is 10.5 Å². The average Bonchev–Trinajstić information content (AvgIpc) is 2.74. The lowest BCUT2D eigenvalue weighted by Gasteiger charge is -2.25. The highest BCUT2D eigenvalue weighted by molar-refractivity contribution is 7.99. The molecule has 0 radical (unpaired) electrons. The van der Waals surface area contributed by atoms with Crippen LogP contribution in [-0.2, 0) is 15.3 Å². The van der Waals surface area contributed by atoms with Gasteiger partial charge in [-0.05, 0) is 41.5 Å². The topological polar surface area (TPSA) is 75.4 Å². The largest absolute Gasteiger partial charge is 0.361 e. The number of carbonyl (C=O) groups excluding carboxylic acids is 2. The third-order valence-corrected chi connectivity index (χ3v) is 4.18. The lowest BCUT2D eigenvalue weighted by atomic mass is 10.1. The van der Waals surface area contributed by atoms with Gasteiger partial charge in [0.1, 0.15) is 5.76 Å². The smallest absolute Gasteiger partial charge is 0.240 e. The normalized spacial score (nSPS) is 11.4. The molecule has 1 heterocycles. The molecule has 0 aliphatic rings. The molecule has 2 amide bonds. The van der Waals surface area contributed by atoms with Crippen LogP contribution in [0.15, 0.2) is 4.52 Å². The van der Waals surface area contributed by atoms with Gasteiger partial charge in [-0.15, -0.1) is 11.8 Å². The van der Waals surface area contributed by atoms with Gasteiger partial charge in [0.05, 0.1) is 18.0 Å². The second kappa shape index (κ2) is 8.38. The highest BCUT2D eigenvalue weighted by atomic mass is 32.2. The van der Waals surface area contributed by atoms with Crippen molar-refractivity contribution >= 4 is 23.6 Å². The Morgan fingerprint density at radius 2 is 1.96 bits per heavy atom. The van der Waals surface area contributed by atoms with Gasteiger partial charge >= 0.3 is 0 Å². The van der Waals surface area contributed by atoms with Crippen molar-refractivity contribution in [3.05, 3.63) is 17.0 Å². The predicted molar refractivity (Wildman–Crippen MR) is 92.3 cm³/mol. The van der Waals surface area contributed by atoms with Gasteiger partial charge in [-0.1, -0.05) is 5.16 Å². The van der Waals surface area contributed by atoms with Gasteiger partial charge in [0.15, 0.2) is 0 Å². The monoisotopic (exact) mass is 341 g/mol. The van der Waals surface area contributed by atoms with E-state index in [0.717, 1.165) is 17.0 Å². The molecule has 0 atom stereocenters. The van der Waals surface area contributed by atoms with Crippen LogP contribution in [0.25, 0.3) is 0 Å². The van der Waals surface area contributed by atoms with Crippen LogP contribution < -0.4 is 5.32 Å². The van der Waals surface area contributed by atoms with Gasteiger partial charge in [-0.25, -0.2) is 0 Å². The Labute approximate surface area is 142 Å². The molecule has 1 N–H and O–H groups in total. The molecular weight excluding hydrogens is 314 g/mol. The van der Waals surface area contributed by atoms with Gasteiger partial charge in [0, 0.05) is 23.4 Å². The van der Waals surface area contributed by atoms with Gasteiger partial charge in [0.25, 0.3) is 0 Å². The molecule has 0 saturated heterocycles. The third-order valence-electron chi connectivity index (χ3n) is 3.24. The van der Waals surface area contributed by atoms with Gasteiger partial charge in [-0.3, -0.25) is 9.59 Å². The molecule has 6 nitrogen and oxygen atoms in total.